The number of hydrogen-bond donors (Lipinski definition) is 1. The van der Waals surface area contributed by atoms with E-state index in [9.17, 15) is 26.7 Å². The Morgan fingerprint density at radius 1 is 1.06 bits per heavy atom. The van der Waals surface area contributed by atoms with Crippen LogP contribution in [-0.4, -0.2) is 27.9 Å². The number of alkyl halides is 3. The number of aromatic nitrogens is 2. The van der Waals surface area contributed by atoms with E-state index in [1.54, 1.807) is 41.2 Å². The largest absolute Gasteiger partial charge is 0.484 e. The number of benzene rings is 3. The van der Waals surface area contributed by atoms with E-state index in [0.29, 0.717) is 22.2 Å². The molecule has 1 aromatic heterocycles. The number of carbonyl (C=O) groups is 1. The predicted molar refractivity (Wildman–Crippen MR) is 119 cm³/mol. The number of rotatable bonds is 6. The molecule has 0 unspecified atom stereocenters. The molecule has 1 N–H and O–H groups in total. The van der Waals surface area contributed by atoms with Gasteiger partial charge in [-0.2, -0.15) is 18.3 Å². The highest BCUT2D eigenvalue weighted by molar-refractivity contribution is 5.82. The minimum atomic E-state index is -5.08. The third-order valence-electron chi connectivity index (χ3n) is 5.56. The minimum Gasteiger partial charge on any atom is -0.484 e. The van der Waals surface area contributed by atoms with E-state index in [4.69, 9.17) is 4.74 Å². The van der Waals surface area contributed by atoms with E-state index < -0.39 is 30.0 Å². The molecule has 3 aromatic carbocycles. The average Bonchev–Trinajstić information content (AvgIpc) is 3.22. The normalized spacial score (nSPS) is 13.5. The van der Waals surface area contributed by atoms with Crippen molar-refractivity contribution in [2.45, 2.75) is 32.2 Å². The molecular formula is C25H20F5N3O2. The van der Waals surface area contributed by atoms with Crippen molar-refractivity contribution < 1.29 is 31.5 Å². The molecule has 0 spiro atoms. The maximum Gasteiger partial charge on any atom is 0.471 e. The number of hydrogen-bond acceptors (Lipinski definition) is 3. The lowest BCUT2D eigenvalue weighted by atomic mass is 9.98. The van der Waals surface area contributed by atoms with E-state index in [-0.39, 0.29) is 17.1 Å². The Morgan fingerprint density at radius 2 is 1.77 bits per heavy atom. The Kier molecular flexibility index (Phi) is 6.47. The highest BCUT2D eigenvalue weighted by Gasteiger charge is 2.40. The summed E-state index contributed by atoms with van der Waals surface area (Å²) in [5.74, 6) is -2.78. The summed E-state index contributed by atoms with van der Waals surface area (Å²) in [6.07, 6.45) is -4.64. The van der Waals surface area contributed by atoms with E-state index >= 15 is 0 Å². The summed E-state index contributed by atoms with van der Waals surface area (Å²) in [7, 11) is 0. The lowest BCUT2D eigenvalue weighted by Gasteiger charge is -2.28. The first kappa shape index (κ1) is 24.2. The molecule has 1 heterocycles. The molecule has 0 bridgehead atoms. The summed E-state index contributed by atoms with van der Waals surface area (Å²) in [5.41, 5.74) is 1.80. The van der Waals surface area contributed by atoms with E-state index in [1.807, 2.05) is 5.32 Å². The highest BCUT2D eigenvalue weighted by Crippen LogP contribution is 2.31. The van der Waals surface area contributed by atoms with Gasteiger partial charge < -0.3 is 10.1 Å². The van der Waals surface area contributed by atoms with Gasteiger partial charge in [-0.05, 0) is 67.9 Å². The lowest BCUT2D eigenvalue weighted by Crippen LogP contribution is -2.45. The van der Waals surface area contributed by atoms with Crippen molar-refractivity contribution in [3.63, 3.8) is 0 Å². The van der Waals surface area contributed by atoms with Gasteiger partial charge in [0.1, 0.15) is 23.5 Å². The highest BCUT2D eigenvalue weighted by atomic mass is 19.4. The number of nitrogens with one attached hydrogen (secondary N) is 1. The Balaban J connectivity index is 1.68. The van der Waals surface area contributed by atoms with Gasteiger partial charge in [-0.15, -0.1) is 0 Å². The third kappa shape index (κ3) is 5.11. The smallest absolute Gasteiger partial charge is 0.471 e. The van der Waals surface area contributed by atoms with Crippen molar-refractivity contribution in [2.75, 3.05) is 0 Å². The molecule has 0 aliphatic carbocycles. The first-order valence-electron chi connectivity index (χ1n) is 10.6. The van der Waals surface area contributed by atoms with Crippen LogP contribution in [0.2, 0.25) is 0 Å². The summed E-state index contributed by atoms with van der Waals surface area (Å²) in [6.45, 7) is 2.83. The Morgan fingerprint density at radius 3 is 2.46 bits per heavy atom. The Labute approximate surface area is 197 Å². The van der Waals surface area contributed by atoms with E-state index in [0.717, 1.165) is 0 Å². The van der Waals surface area contributed by atoms with Gasteiger partial charge in [-0.25, -0.2) is 13.5 Å². The average molecular weight is 489 g/mol. The molecule has 0 saturated heterocycles. The molecule has 0 aliphatic rings. The van der Waals surface area contributed by atoms with Gasteiger partial charge in [-0.1, -0.05) is 12.1 Å². The molecule has 10 heteroatoms. The van der Waals surface area contributed by atoms with Gasteiger partial charge >= 0.3 is 12.1 Å². The molecule has 0 aliphatic heterocycles. The van der Waals surface area contributed by atoms with E-state index in [1.165, 1.54) is 44.2 Å². The van der Waals surface area contributed by atoms with Crippen LogP contribution in [-0.2, 0) is 4.79 Å². The van der Waals surface area contributed by atoms with Crippen molar-refractivity contribution in [3.05, 3.63) is 89.6 Å². The van der Waals surface area contributed by atoms with Gasteiger partial charge in [0.2, 0.25) is 0 Å². The number of ether oxygens (including phenoxy) is 1. The number of halogens is 5. The Bertz CT molecular complexity index is 1370. The summed E-state index contributed by atoms with van der Waals surface area (Å²) < 4.78 is 73.6. The van der Waals surface area contributed by atoms with Crippen LogP contribution in [0.1, 0.15) is 24.2 Å². The molecule has 0 saturated carbocycles. The summed E-state index contributed by atoms with van der Waals surface area (Å²) in [5, 5.41) is 6.85. The fraction of sp³-hybridized carbons (Fsp3) is 0.200. The zero-order valence-electron chi connectivity index (χ0n) is 18.6. The van der Waals surface area contributed by atoms with Crippen LogP contribution in [0.15, 0.2) is 66.9 Å². The van der Waals surface area contributed by atoms with Crippen molar-refractivity contribution in [2.24, 2.45) is 0 Å². The second kappa shape index (κ2) is 9.36. The molecule has 182 valence electrons. The van der Waals surface area contributed by atoms with Crippen molar-refractivity contribution in [1.29, 1.82) is 0 Å². The standard InChI is InChI=1S/C25H20F5N3O2/c1-14-20(4-3-5-21(14)27)23(15(2)32-24(34)25(28,29)30)35-19-10-11-22-16(12-19)13-31-33(22)18-8-6-17(26)7-9-18/h3-13,15,23H,1-2H3,(H,32,34)/t15-,23+/m0/s1. The molecule has 0 radical (unpaired) electrons. The van der Waals surface area contributed by atoms with Crippen molar-refractivity contribution in [1.82, 2.24) is 15.1 Å². The number of nitrogens with zero attached hydrogens (tertiary/aromatic N) is 2. The van der Waals surface area contributed by atoms with Crippen LogP contribution in [0, 0.1) is 18.6 Å². The quantitative estimate of drug-likeness (QED) is 0.349. The van der Waals surface area contributed by atoms with Crippen molar-refractivity contribution in [3.8, 4) is 11.4 Å². The zero-order valence-corrected chi connectivity index (χ0v) is 18.6. The van der Waals surface area contributed by atoms with Gasteiger partial charge in [0.25, 0.3) is 0 Å². The minimum absolute atomic E-state index is 0.191. The maximum atomic E-state index is 14.2. The second-order valence-electron chi connectivity index (χ2n) is 8.01. The number of carbonyl (C=O) groups excluding carboxylic acids is 1. The van der Waals surface area contributed by atoms with Crippen LogP contribution in [0.5, 0.6) is 5.75 Å². The van der Waals surface area contributed by atoms with Crippen LogP contribution in [0.25, 0.3) is 16.6 Å². The zero-order chi connectivity index (χ0) is 25.3. The van der Waals surface area contributed by atoms with Gasteiger partial charge in [0, 0.05) is 10.9 Å². The summed E-state index contributed by atoms with van der Waals surface area (Å²) in [6, 6.07) is 13.7. The second-order valence-corrected chi connectivity index (χ2v) is 8.01. The van der Waals surface area contributed by atoms with Crippen LogP contribution >= 0.6 is 0 Å². The van der Waals surface area contributed by atoms with Crippen LogP contribution in [0.4, 0.5) is 22.0 Å². The van der Waals surface area contributed by atoms with Crippen LogP contribution < -0.4 is 10.1 Å². The molecule has 4 aromatic rings. The summed E-state index contributed by atoms with van der Waals surface area (Å²) in [4.78, 5) is 11.5. The molecule has 5 nitrogen and oxygen atoms in total. The molecule has 0 fully saturated rings. The SMILES string of the molecule is Cc1c(F)cccc1[C@H](Oc1ccc2c(cnn2-c2ccc(F)cc2)c1)[C@H](C)NC(=O)C(F)(F)F. The van der Waals surface area contributed by atoms with Gasteiger partial charge in [0.15, 0.2) is 0 Å². The predicted octanol–water partition coefficient (Wildman–Crippen LogP) is 5.80. The summed E-state index contributed by atoms with van der Waals surface area (Å²) >= 11 is 0. The van der Waals surface area contributed by atoms with E-state index in [2.05, 4.69) is 5.10 Å². The first-order valence-corrected chi connectivity index (χ1v) is 10.6. The lowest BCUT2D eigenvalue weighted by molar-refractivity contribution is -0.174. The number of fused-ring (bicyclic) bond motifs is 1. The van der Waals surface area contributed by atoms with Gasteiger partial charge in [0.05, 0.1) is 23.4 Å². The fourth-order valence-corrected chi connectivity index (χ4v) is 3.75. The molecule has 35 heavy (non-hydrogen) atoms. The molecular weight excluding hydrogens is 469 g/mol. The Hall–Kier alpha value is -3.95. The first-order chi connectivity index (χ1) is 16.5. The van der Waals surface area contributed by atoms with Gasteiger partial charge in [-0.3, -0.25) is 4.79 Å². The number of amides is 1. The van der Waals surface area contributed by atoms with Crippen LogP contribution in [0.3, 0.4) is 0 Å². The van der Waals surface area contributed by atoms with Crippen molar-refractivity contribution >= 4 is 16.8 Å². The maximum absolute atomic E-state index is 14.2. The fourth-order valence-electron chi connectivity index (χ4n) is 3.75. The third-order valence-corrected chi connectivity index (χ3v) is 5.56. The molecule has 1 amide bonds. The molecule has 2 atom stereocenters. The monoisotopic (exact) mass is 489 g/mol. The molecule has 4 rings (SSSR count). The topological polar surface area (TPSA) is 56.1 Å².